The van der Waals surface area contributed by atoms with Gasteiger partial charge in [0.1, 0.15) is 5.78 Å². The lowest BCUT2D eigenvalue weighted by Gasteiger charge is -2.13. The van der Waals surface area contributed by atoms with E-state index in [1.807, 2.05) is 12.1 Å². The fraction of sp³-hybridized carbons (Fsp3) is 0.583. The van der Waals surface area contributed by atoms with Gasteiger partial charge in [-0.1, -0.05) is 56.2 Å². The zero-order chi connectivity index (χ0) is 19.2. The van der Waals surface area contributed by atoms with E-state index in [9.17, 15) is 9.59 Å². The first-order valence-electron chi connectivity index (χ1n) is 10.5. The van der Waals surface area contributed by atoms with Gasteiger partial charge in [0.25, 0.3) is 0 Å². The van der Waals surface area contributed by atoms with E-state index in [4.69, 9.17) is 4.74 Å². The van der Waals surface area contributed by atoms with Gasteiger partial charge in [0, 0.05) is 18.8 Å². The lowest BCUT2D eigenvalue weighted by molar-refractivity contribution is -0.140. The van der Waals surface area contributed by atoms with Crippen molar-refractivity contribution >= 4 is 11.8 Å². The van der Waals surface area contributed by atoms with Crippen molar-refractivity contribution in [2.75, 3.05) is 7.11 Å². The summed E-state index contributed by atoms with van der Waals surface area (Å²) in [5, 5.41) is 0. The highest BCUT2D eigenvalue weighted by Crippen LogP contribution is 2.60. The summed E-state index contributed by atoms with van der Waals surface area (Å²) < 4.78 is 4.72. The smallest absolute Gasteiger partial charge is 0.305 e. The van der Waals surface area contributed by atoms with Crippen LogP contribution in [-0.4, -0.2) is 18.9 Å². The fourth-order valence-corrected chi connectivity index (χ4v) is 4.67. The number of methoxy groups -OCH3 is 1. The lowest BCUT2D eigenvalue weighted by atomic mass is 9.90. The molecule has 3 heteroatoms. The first-order chi connectivity index (χ1) is 13.1. The average Bonchev–Trinajstić information content (AvgIpc) is 3.24. The number of carbonyl (C=O) groups is 2. The van der Waals surface area contributed by atoms with Gasteiger partial charge in [0.05, 0.1) is 7.11 Å². The van der Waals surface area contributed by atoms with E-state index in [1.54, 1.807) is 0 Å². The standard InChI is InChI=1S/C24H32O3/c1-3-4-5-6-7-11-19-20-16-22(25)21(24(19)20)15-18-10-8-9-17(14-18)12-13-23(26)27-2/h7-11,14,19-21,24H,3-6,12-13,15-16H2,1-2H3/t19?,20-,21?,24+/m0/s1. The summed E-state index contributed by atoms with van der Waals surface area (Å²) >= 11 is 0. The van der Waals surface area contributed by atoms with Crippen LogP contribution in [0.5, 0.6) is 0 Å². The third-order valence-electron chi connectivity index (χ3n) is 6.23. The summed E-state index contributed by atoms with van der Waals surface area (Å²) in [4.78, 5) is 23.8. The molecule has 0 aromatic heterocycles. The molecule has 3 rings (SSSR count). The highest BCUT2D eigenvalue weighted by molar-refractivity contribution is 5.86. The maximum atomic E-state index is 12.4. The van der Waals surface area contributed by atoms with Crippen molar-refractivity contribution in [3.05, 3.63) is 47.5 Å². The first-order valence-corrected chi connectivity index (χ1v) is 10.5. The van der Waals surface area contributed by atoms with Crippen molar-refractivity contribution in [2.24, 2.45) is 23.7 Å². The molecular weight excluding hydrogens is 336 g/mol. The molecule has 0 aliphatic heterocycles. The number of hydrogen-bond donors (Lipinski definition) is 0. The molecule has 0 N–H and O–H groups in total. The highest BCUT2D eigenvalue weighted by Gasteiger charge is 2.59. The molecule has 146 valence electrons. The minimum atomic E-state index is -0.180. The Kier molecular flexibility index (Phi) is 6.87. The third kappa shape index (κ3) is 5.09. The molecule has 2 fully saturated rings. The van der Waals surface area contributed by atoms with Crippen LogP contribution in [0.2, 0.25) is 0 Å². The van der Waals surface area contributed by atoms with Crippen molar-refractivity contribution in [1.29, 1.82) is 0 Å². The van der Waals surface area contributed by atoms with Gasteiger partial charge >= 0.3 is 5.97 Å². The zero-order valence-corrected chi connectivity index (χ0v) is 16.7. The van der Waals surface area contributed by atoms with Gasteiger partial charge in [0.15, 0.2) is 0 Å². The number of carbonyl (C=O) groups excluding carboxylic acids is 2. The number of aryl methyl sites for hydroxylation is 1. The Labute approximate surface area is 163 Å². The van der Waals surface area contributed by atoms with Gasteiger partial charge in [-0.25, -0.2) is 0 Å². The summed E-state index contributed by atoms with van der Waals surface area (Å²) in [6, 6.07) is 8.35. The van der Waals surface area contributed by atoms with Crippen molar-refractivity contribution < 1.29 is 14.3 Å². The Morgan fingerprint density at radius 2 is 2.07 bits per heavy atom. The second kappa shape index (κ2) is 9.34. The minimum Gasteiger partial charge on any atom is -0.469 e. The van der Waals surface area contributed by atoms with Gasteiger partial charge < -0.3 is 4.74 Å². The summed E-state index contributed by atoms with van der Waals surface area (Å²) in [5.41, 5.74) is 2.36. The SMILES string of the molecule is CCCCCC=CC1[C@H]2C(Cc3cccc(CCC(=O)OC)c3)C(=O)C[C@@H]12. The van der Waals surface area contributed by atoms with E-state index in [0.717, 1.165) is 18.4 Å². The normalized spacial score (nSPS) is 26.4. The molecule has 0 amide bonds. The van der Waals surface area contributed by atoms with Gasteiger partial charge in [-0.3, -0.25) is 9.59 Å². The molecule has 0 saturated heterocycles. The third-order valence-corrected chi connectivity index (χ3v) is 6.23. The van der Waals surface area contributed by atoms with E-state index in [1.165, 1.54) is 38.4 Å². The van der Waals surface area contributed by atoms with Crippen LogP contribution >= 0.6 is 0 Å². The number of esters is 1. The molecule has 0 heterocycles. The Morgan fingerprint density at radius 3 is 2.85 bits per heavy atom. The quantitative estimate of drug-likeness (QED) is 0.334. The fourth-order valence-electron chi connectivity index (χ4n) is 4.67. The van der Waals surface area contributed by atoms with Gasteiger partial charge in [-0.15, -0.1) is 0 Å². The number of unbranched alkanes of at least 4 members (excludes halogenated alkanes) is 3. The molecular formula is C24H32O3. The van der Waals surface area contributed by atoms with Crippen LogP contribution in [0.15, 0.2) is 36.4 Å². The zero-order valence-electron chi connectivity index (χ0n) is 16.7. The summed E-state index contributed by atoms with van der Waals surface area (Å²) in [6.07, 6.45) is 12.4. The predicted octanol–water partition coefficient (Wildman–Crippen LogP) is 4.92. The van der Waals surface area contributed by atoms with E-state index < -0.39 is 0 Å². The average molecular weight is 369 g/mol. The van der Waals surface area contributed by atoms with E-state index in [2.05, 4.69) is 31.2 Å². The lowest BCUT2D eigenvalue weighted by Crippen LogP contribution is -2.16. The van der Waals surface area contributed by atoms with E-state index >= 15 is 0 Å². The highest BCUT2D eigenvalue weighted by atomic mass is 16.5. The number of fused-ring (bicyclic) bond motifs is 1. The largest absolute Gasteiger partial charge is 0.469 e. The van der Waals surface area contributed by atoms with Crippen molar-refractivity contribution in [2.45, 2.75) is 58.3 Å². The molecule has 0 bridgehead atoms. The van der Waals surface area contributed by atoms with Crippen molar-refractivity contribution in [3.8, 4) is 0 Å². The molecule has 0 spiro atoms. The summed E-state index contributed by atoms with van der Waals surface area (Å²) in [5.74, 6) is 2.21. The topological polar surface area (TPSA) is 43.4 Å². The maximum Gasteiger partial charge on any atom is 0.305 e. The van der Waals surface area contributed by atoms with Crippen LogP contribution in [0.3, 0.4) is 0 Å². The number of rotatable bonds is 10. The molecule has 3 nitrogen and oxygen atoms in total. The van der Waals surface area contributed by atoms with Gasteiger partial charge in [0.2, 0.25) is 0 Å². The molecule has 1 aromatic carbocycles. The Hall–Kier alpha value is -1.90. The molecule has 4 atom stereocenters. The minimum absolute atomic E-state index is 0.177. The van der Waals surface area contributed by atoms with Crippen LogP contribution in [0, 0.1) is 23.7 Å². The van der Waals surface area contributed by atoms with Crippen LogP contribution in [0.4, 0.5) is 0 Å². The van der Waals surface area contributed by atoms with Gasteiger partial charge in [-0.2, -0.15) is 0 Å². The first kappa shape index (κ1) is 19.9. The van der Waals surface area contributed by atoms with Gasteiger partial charge in [-0.05, 0) is 54.6 Å². The predicted molar refractivity (Wildman–Crippen MR) is 107 cm³/mol. The molecule has 2 unspecified atom stereocenters. The molecule has 2 aliphatic carbocycles. The number of ether oxygens (including phenoxy) is 1. The number of allylic oxidation sites excluding steroid dienone is 2. The van der Waals surface area contributed by atoms with E-state index in [-0.39, 0.29) is 11.9 Å². The molecule has 2 aliphatic rings. The Balaban J connectivity index is 1.54. The maximum absolute atomic E-state index is 12.4. The van der Waals surface area contributed by atoms with Crippen molar-refractivity contribution in [1.82, 2.24) is 0 Å². The second-order valence-electron chi connectivity index (χ2n) is 8.12. The molecule has 0 radical (unpaired) electrons. The van der Waals surface area contributed by atoms with Crippen LogP contribution < -0.4 is 0 Å². The molecule has 1 aromatic rings. The molecule has 27 heavy (non-hydrogen) atoms. The number of hydrogen-bond acceptors (Lipinski definition) is 3. The van der Waals surface area contributed by atoms with Crippen LogP contribution in [0.25, 0.3) is 0 Å². The molecule has 2 saturated carbocycles. The number of ketones is 1. The number of benzene rings is 1. The van der Waals surface area contributed by atoms with Crippen molar-refractivity contribution in [3.63, 3.8) is 0 Å². The summed E-state index contributed by atoms with van der Waals surface area (Å²) in [6.45, 7) is 2.23. The Bertz CT molecular complexity index is 691. The summed E-state index contributed by atoms with van der Waals surface area (Å²) in [7, 11) is 1.42. The van der Waals surface area contributed by atoms with E-state index in [0.29, 0.717) is 36.4 Å². The number of Topliss-reactive ketones (excluding diaryl/α,β-unsaturated/α-hetero) is 1. The Morgan fingerprint density at radius 1 is 1.26 bits per heavy atom. The monoisotopic (exact) mass is 368 g/mol. The second-order valence-corrected chi connectivity index (χ2v) is 8.12. The van der Waals surface area contributed by atoms with Crippen LogP contribution in [-0.2, 0) is 27.2 Å². The van der Waals surface area contributed by atoms with Crippen LogP contribution in [0.1, 0.15) is 56.6 Å².